The second kappa shape index (κ2) is 55.7. The molecule has 0 spiro atoms. The Morgan fingerprint density at radius 2 is 0.740 bits per heavy atom. The van der Waals surface area contributed by atoms with Crippen molar-refractivity contribution >= 4 is 17.9 Å². The van der Waals surface area contributed by atoms with Gasteiger partial charge in [0.15, 0.2) is 6.10 Å². The second-order valence-electron chi connectivity index (χ2n) is 22.4. The summed E-state index contributed by atoms with van der Waals surface area (Å²) in [6.07, 6.45) is 65.2. The number of hydrogen-bond donors (Lipinski definition) is 1. The summed E-state index contributed by atoms with van der Waals surface area (Å²) in [5.74, 6) is -1.98. The van der Waals surface area contributed by atoms with Crippen LogP contribution in [0.4, 0.5) is 0 Å². The summed E-state index contributed by atoms with van der Waals surface area (Å²) in [6, 6.07) is 0. The van der Waals surface area contributed by atoms with Gasteiger partial charge in [-0.2, -0.15) is 0 Å². The number of ether oxygens (including phenoxy) is 4. The highest BCUT2D eigenvalue weighted by Gasteiger charge is 2.25. The summed E-state index contributed by atoms with van der Waals surface area (Å²) in [4.78, 5) is 37.5. The van der Waals surface area contributed by atoms with Gasteiger partial charge in [-0.15, -0.1) is 0 Å². The van der Waals surface area contributed by atoms with Crippen LogP contribution < -0.4 is 0 Å². The van der Waals surface area contributed by atoms with E-state index in [-0.39, 0.29) is 38.2 Å². The second-order valence-corrected chi connectivity index (χ2v) is 22.4. The van der Waals surface area contributed by atoms with Crippen LogP contribution >= 0.6 is 0 Å². The number of allylic oxidation sites excluding steroid dienone is 6. The molecular weight excluding hydrogens is 911 g/mol. The highest BCUT2D eigenvalue weighted by Crippen LogP contribution is 2.17. The van der Waals surface area contributed by atoms with Crippen molar-refractivity contribution in [3.63, 3.8) is 0 Å². The van der Waals surface area contributed by atoms with Crippen molar-refractivity contribution < 1.29 is 42.9 Å². The van der Waals surface area contributed by atoms with E-state index in [0.29, 0.717) is 17.4 Å². The highest BCUT2D eigenvalue weighted by molar-refractivity contribution is 5.71. The van der Waals surface area contributed by atoms with E-state index in [1.54, 1.807) is 0 Å². The Labute approximate surface area is 451 Å². The Morgan fingerprint density at radius 3 is 1.10 bits per heavy atom. The van der Waals surface area contributed by atoms with Crippen LogP contribution in [0.3, 0.4) is 0 Å². The number of rotatable bonds is 58. The molecule has 428 valence electrons. The molecule has 0 fully saturated rings. The van der Waals surface area contributed by atoms with E-state index in [2.05, 4.69) is 50.3 Å². The molecule has 9 heteroatoms. The largest absolute Gasteiger partial charge is 0.477 e. The maximum absolute atomic E-state index is 12.9. The summed E-state index contributed by atoms with van der Waals surface area (Å²) in [7, 11) is 5.98. The van der Waals surface area contributed by atoms with Crippen molar-refractivity contribution in [1.82, 2.24) is 0 Å². The van der Waals surface area contributed by atoms with Crippen LogP contribution in [0.1, 0.15) is 296 Å². The standard InChI is InChI=1S/C64H119NO8/c1-6-8-10-12-14-16-18-20-22-24-25-26-27-28-29-30-31-32-33-34-35-36-37-39-41-43-45-47-49-51-53-55-62(67)73-60(59-72-64(63(68)69)70-57-56-65(3,4)5)58-71-61(66)54-52-50-48-46-44-42-40-38-23-21-19-17-15-13-11-9-7-2/h18,20,24-25,27-28,60,64H,6-17,19,21-23,26,29-59H2,1-5H3/p+1/b20-18-,25-24-,28-27-. The summed E-state index contributed by atoms with van der Waals surface area (Å²) in [6.45, 7) is 4.91. The lowest BCUT2D eigenvalue weighted by Gasteiger charge is -2.25. The molecule has 2 unspecified atom stereocenters. The molecule has 0 aromatic carbocycles. The molecule has 0 aliphatic rings. The summed E-state index contributed by atoms with van der Waals surface area (Å²) >= 11 is 0. The molecule has 0 bridgehead atoms. The lowest BCUT2D eigenvalue weighted by molar-refractivity contribution is -0.870. The van der Waals surface area contributed by atoms with Crippen molar-refractivity contribution in [3.05, 3.63) is 36.5 Å². The molecule has 0 radical (unpaired) electrons. The maximum atomic E-state index is 12.9. The Balaban J connectivity index is 4.12. The SMILES string of the molecule is CCCCCCC/C=C\C/C=C\C/C=C\CCCCCCCCCCCCCCCCCCC(=O)OC(COC(=O)CCCCCCCCCCCCCCCCCCC)COC(OCC[N+](C)(C)C)C(=O)O. The van der Waals surface area contributed by atoms with Crippen molar-refractivity contribution in [2.75, 3.05) is 47.5 Å². The van der Waals surface area contributed by atoms with Crippen LogP contribution in [0.2, 0.25) is 0 Å². The number of carboxylic acids is 1. The normalized spacial score (nSPS) is 12.9. The Hall–Kier alpha value is -2.49. The smallest absolute Gasteiger partial charge is 0.361 e. The lowest BCUT2D eigenvalue weighted by atomic mass is 10.0. The van der Waals surface area contributed by atoms with Crippen molar-refractivity contribution in [1.29, 1.82) is 0 Å². The number of carbonyl (C=O) groups is 3. The van der Waals surface area contributed by atoms with Gasteiger partial charge >= 0.3 is 17.9 Å². The molecule has 9 nitrogen and oxygen atoms in total. The predicted octanol–water partition coefficient (Wildman–Crippen LogP) is 18.5. The quantitative estimate of drug-likeness (QED) is 0.0211. The molecule has 0 rings (SSSR count). The Morgan fingerprint density at radius 1 is 0.411 bits per heavy atom. The van der Waals surface area contributed by atoms with Crippen molar-refractivity contribution in [2.45, 2.75) is 309 Å². The van der Waals surface area contributed by atoms with E-state index in [1.165, 1.54) is 218 Å². The number of unbranched alkanes of at least 4 members (excludes halogenated alkanes) is 37. The van der Waals surface area contributed by atoms with Crippen LogP contribution in [-0.2, 0) is 33.3 Å². The fourth-order valence-electron chi connectivity index (χ4n) is 9.08. The zero-order chi connectivity index (χ0) is 53.4. The number of hydrogen-bond acceptors (Lipinski definition) is 7. The number of carboxylic acid groups (broad SMARTS) is 1. The molecule has 0 amide bonds. The van der Waals surface area contributed by atoms with Gasteiger partial charge in [-0.25, -0.2) is 4.79 Å². The number of aliphatic carboxylic acids is 1. The first-order valence-electron chi connectivity index (χ1n) is 31.2. The summed E-state index contributed by atoms with van der Waals surface area (Å²) < 4.78 is 22.9. The Kier molecular flexibility index (Phi) is 53.8. The van der Waals surface area contributed by atoms with Crippen molar-refractivity contribution in [3.8, 4) is 0 Å². The molecule has 0 saturated heterocycles. The van der Waals surface area contributed by atoms with E-state index in [0.717, 1.165) is 51.4 Å². The number of nitrogens with zero attached hydrogens (tertiary/aromatic N) is 1. The van der Waals surface area contributed by atoms with Gasteiger partial charge in [0.25, 0.3) is 6.29 Å². The van der Waals surface area contributed by atoms with Gasteiger partial charge in [0.05, 0.1) is 34.4 Å². The fourth-order valence-corrected chi connectivity index (χ4v) is 9.08. The average molecular weight is 1030 g/mol. The third kappa shape index (κ3) is 57.1. The number of esters is 2. The molecule has 0 aromatic rings. The summed E-state index contributed by atoms with van der Waals surface area (Å²) in [5, 5.41) is 9.71. The molecule has 73 heavy (non-hydrogen) atoms. The zero-order valence-electron chi connectivity index (χ0n) is 48.8. The zero-order valence-corrected chi connectivity index (χ0v) is 48.8. The Bertz CT molecular complexity index is 1290. The fraction of sp³-hybridized carbons (Fsp3) is 0.859. The van der Waals surface area contributed by atoms with E-state index in [4.69, 9.17) is 18.9 Å². The van der Waals surface area contributed by atoms with Crippen LogP contribution in [0.15, 0.2) is 36.5 Å². The van der Waals surface area contributed by atoms with Crippen molar-refractivity contribution in [2.24, 2.45) is 0 Å². The maximum Gasteiger partial charge on any atom is 0.361 e. The molecular formula is C64H120NO8+. The van der Waals surface area contributed by atoms with Crippen LogP contribution in [-0.4, -0.2) is 87.4 Å². The van der Waals surface area contributed by atoms with E-state index in [9.17, 15) is 19.5 Å². The predicted molar refractivity (Wildman–Crippen MR) is 309 cm³/mol. The first-order valence-corrected chi connectivity index (χ1v) is 31.2. The number of likely N-dealkylation sites (N-methyl/N-ethyl adjacent to an activating group) is 1. The number of carbonyl (C=O) groups excluding carboxylic acids is 2. The van der Waals surface area contributed by atoms with Gasteiger partial charge in [-0.3, -0.25) is 9.59 Å². The molecule has 0 aromatic heterocycles. The monoisotopic (exact) mass is 1030 g/mol. The molecule has 0 aliphatic heterocycles. The topological polar surface area (TPSA) is 108 Å². The van der Waals surface area contributed by atoms with E-state index >= 15 is 0 Å². The van der Waals surface area contributed by atoms with Crippen LogP contribution in [0.5, 0.6) is 0 Å². The first-order chi connectivity index (χ1) is 35.6. The molecule has 1 N–H and O–H groups in total. The van der Waals surface area contributed by atoms with Gasteiger partial charge in [0.2, 0.25) is 0 Å². The van der Waals surface area contributed by atoms with Crippen LogP contribution in [0.25, 0.3) is 0 Å². The van der Waals surface area contributed by atoms with E-state index in [1.807, 2.05) is 21.1 Å². The minimum absolute atomic E-state index is 0.177. The van der Waals surface area contributed by atoms with Gasteiger partial charge in [-0.1, -0.05) is 269 Å². The van der Waals surface area contributed by atoms with Gasteiger partial charge in [-0.05, 0) is 51.4 Å². The van der Waals surface area contributed by atoms with Gasteiger partial charge in [0, 0.05) is 12.8 Å². The molecule has 0 saturated carbocycles. The lowest BCUT2D eigenvalue weighted by Crippen LogP contribution is -2.40. The van der Waals surface area contributed by atoms with E-state index < -0.39 is 18.4 Å². The average Bonchev–Trinajstić information content (AvgIpc) is 3.36. The third-order valence-corrected chi connectivity index (χ3v) is 13.9. The minimum Gasteiger partial charge on any atom is -0.477 e. The first kappa shape index (κ1) is 70.5. The molecule has 2 atom stereocenters. The van der Waals surface area contributed by atoms with Gasteiger partial charge < -0.3 is 28.5 Å². The third-order valence-electron chi connectivity index (χ3n) is 13.9. The van der Waals surface area contributed by atoms with Crippen LogP contribution in [0, 0.1) is 0 Å². The van der Waals surface area contributed by atoms with Gasteiger partial charge in [0.1, 0.15) is 13.2 Å². The number of quaternary nitrogens is 1. The minimum atomic E-state index is -1.51. The molecule has 0 heterocycles. The summed E-state index contributed by atoms with van der Waals surface area (Å²) in [5.41, 5.74) is 0. The molecule has 0 aliphatic carbocycles. The highest BCUT2D eigenvalue weighted by atomic mass is 16.7.